The Kier molecular flexibility index (Phi) is 6.58. The minimum atomic E-state index is -0.303. The molecule has 3 aromatic rings. The van der Waals surface area contributed by atoms with Gasteiger partial charge < -0.3 is 15.0 Å². The Balaban J connectivity index is 1.55. The highest BCUT2D eigenvalue weighted by atomic mass is 19.1. The topological polar surface area (TPSA) is 61.9 Å². The number of halogens is 1. The molecule has 0 atom stereocenters. The van der Waals surface area contributed by atoms with Crippen molar-refractivity contribution in [2.75, 3.05) is 30.4 Å². The first-order valence-electron chi connectivity index (χ1n) is 10.8. The highest BCUT2D eigenvalue weighted by Gasteiger charge is 2.28. The Morgan fingerprint density at radius 2 is 1.76 bits per heavy atom. The Morgan fingerprint density at radius 1 is 1.03 bits per heavy atom. The third kappa shape index (κ3) is 5.14. The number of hydrogen-bond acceptors (Lipinski definition) is 3. The summed E-state index contributed by atoms with van der Waals surface area (Å²) in [5.41, 5.74) is 3.55. The van der Waals surface area contributed by atoms with E-state index >= 15 is 0 Å². The number of nitrogens with one attached hydrogen (secondary N) is 1. The number of nitrogens with zero attached hydrogens (tertiary/aromatic N) is 2. The second-order valence-electron chi connectivity index (χ2n) is 8.04. The summed E-state index contributed by atoms with van der Waals surface area (Å²) in [6.07, 6.45) is 0.784. The normalized spacial score (nSPS) is 13.7. The lowest BCUT2D eigenvalue weighted by molar-refractivity contribution is 0.102. The van der Waals surface area contributed by atoms with E-state index in [9.17, 15) is 14.0 Å². The fourth-order valence-corrected chi connectivity index (χ4v) is 3.88. The van der Waals surface area contributed by atoms with Crippen LogP contribution in [0.3, 0.4) is 0 Å². The van der Waals surface area contributed by atoms with Crippen molar-refractivity contribution < 1.29 is 18.7 Å². The van der Waals surface area contributed by atoms with Gasteiger partial charge in [-0.3, -0.25) is 9.69 Å². The zero-order valence-electron chi connectivity index (χ0n) is 18.7. The number of benzene rings is 3. The van der Waals surface area contributed by atoms with Gasteiger partial charge in [-0.1, -0.05) is 18.2 Å². The predicted octanol–water partition coefficient (Wildman–Crippen LogP) is 5.23. The van der Waals surface area contributed by atoms with Gasteiger partial charge in [0, 0.05) is 25.2 Å². The van der Waals surface area contributed by atoms with Crippen LogP contribution in [0.1, 0.15) is 27.9 Å². The Hall–Kier alpha value is -3.87. The molecule has 1 saturated heterocycles. The molecular weight excluding hydrogens is 421 g/mol. The summed E-state index contributed by atoms with van der Waals surface area (Å²) in [7, 11) is 1.57. The summed E-state index contributed by atoms with van der Waals surface area (Å²) in [6.45, 7) is 3.50. The first-order valence-corrected chi connectivity index (χ1v) is 10.8. The third-order valence-electron chi connectivity index (χ3n) is 5.64. The van der Waals surface area contributed by atoms with Gasteiger partial charge in [0.15, 0.2) is 0 Å². The van der Waals surface area contributed by atoms with E-state index in [-0.39, 0.29) is 17.8 Å². The summed E-state index contributed by atoms with van der Waals surface area (Å²) < 4.78 is 18.4. The zero-order chi connectivity index (χ0) is 23.4. The molecule has 6 nitrogen and oxygen atoms in total. The lowest BCUT2D eigenvalue weighted by Crippen LogP contribution is -2.49. The van der Waals surface area contributed by atoms with Crippen molar-refractivity contribution in [3.8, 4) is 5.75 Å². The van der Waals surface area contributed by atoms with Gasteiger partial charge in [-0.05, 0) is 73.0 Å². The number of anilines is 2. The molecule has 7 heteroatoms. The van der Waals surface area contributed by atoms with Crippen LogP contribution in [-0.4, -0.2) is 37.0 Å². The Morgan fingerprint density at radius 3 is 2.45 bits per heavy atom. The minimum absolute atomic E-state index is 0.144. The quantitative estimate of drug-likeness (QED) is 0.563. The van der Waals surface area contributed by atoms with Crippen LogP contribution >= 0.6 is 0 Å². The van der Waals surface area contributed by atoms with Gasteiger partial charge in [0.1, 0.15) is 11.6 Å². The number of carbonyl (C=O) groups is 2. The van der Waals surface area contributed by atoms with E-state index in [2.05, 4.69) is 5.32 Å². The number of urea groups is 1. The maximum atomic E-state index is 13.3. The molecule has 1 fully saturated rings. The lowest BCUT2D eigenvalue weighted by atomic mass is 10.1. The molecule has 0 spiro atoms. The van der Waals surface area contributed by atoms with Crippen LogP contribution in [0, 0.1) is 12.7 Å². The first kappa shape index (κ1) is 22.3. The number of rotatable bonds is 6. The average molecular weight is 448 g/mol. The number of amides is 3. The van der Waals surface area contributed by atoms with E-state index < -0.39 is 0 Å². The maximum absolute atomic E-state index is 13.3. The molecule has 0 saturated carbocycles. The monoisotopic (exact) mass is 447 g/mol. The summed E-state index contributed by atoms with van der Waals surface area (Å²) in [4.78, 5) is 29.6. The molecule has 1 N–H and O–H groups in total. The molecular formula is C26H26FN3O3. The smallest absolute Gasteiger partial charge is 0.324 e. The van der Waals surface area contributed by atoms with Crippen LogP contribution in [0.5, 0.6) is 5.75 Å². The van der Waals surface area contributed by atoms with E-state index in [1.807, 2.05) is 25.1 Å². The Bertz CT molecular complexity index is 1150. The van der Waals surface area contributed by atoms with Gasteiger partial charge in [0.2, 0.25) is 0 Å². The third-order valence-corrected chi connectivity index (χ3v) is 5.64. The van der Waals surface area contributed by atoms with E-state index in [4.69, 9.17) is 4.74 Å². The molecule has 4 rings (SSSR count). The zero-order valence-corrected chi connectivity index (χ0v) is 18.7. The van der Waals surface area contributed by atoms with Gasteiger partial charge in [-0.2, -0.15) is 0 Å². The standard InChI is InChI=1S/C26H26FN3O3/c1-18-4-13-24(23(16-18)28-25(31)20-7-11-22(33-2)12-8-20)30-15-3-14-29(26(30)32)17-19-5-9-21(27)10-6-19/h4-13,16H,3,14-15,17H2,1-2H3,(H,28,31). The lowest BCUT2D eigenvalue weighted by Gasteiger charge is -2.36. The summed E-state index contributed by atoms with van der Waals surface area (Å²) >= 11 is 0. The van der Waals surface area contributed by atoms with Crippen molar-refractivity contribution in [1.29, 1.82) is 0 Å². The number of carbonyl (C=O) groups excluding carboxylic acids is 2. The van der Waals surface area contributed by atoms with E-state index in [1.54, 1.807) is 53.3 Å². The highest BCUT2D eigenvalue weighted by Crippen LogP contribution is 2.31. The van der Waals surface area contributed by atoms with Gasteiger partial charge in [0.25, 0.3) is 5.91 Å². The minimum Gasteiger partial charge on any atom is -0.497 e. The molecule has 1 heterocycles. The van der Waals surface area contributed by atoms with Gasteiger partial charge in [-0.15, -0.1) is 0 Å². The van der Waals surface area contributed by atoms with Crippen molar-refractivity contribution in [2.24, 2.45) is 0 Å². The first-order chi connectivity index (χ1) is 15.9. The van der Waals surface area contributed by atoms with Crippen LogP contribution in [0.15, 0.2) is 66.7 Å². The van der Waals surface area contributed by atoms with Crippen LogP contribution < -0.4 is 15.0 Å². The largest absolute Gasteiger partial charge is 0.497 e. The second-order valence-corrected chi connectivity index (χ2v) is 8.04. The molecule has 3 aromatic carbocycles. The Labute approximate surface area is 192 Å². The van der Waals surface area contributed by atoms with Gasteiger partial charge >= 0.3 is 6.03 Å². The van der Waals surface area contributed by atoms with Gasteiger partial charge in [0.05, 0.1) is 18.5 Å². The molecule has 170 valence electrons. The summed E-state index contributed by atoms with van der Waals surface area (Å²) in [5.74, 6) is 0.0994. The van der Waals surface area contributed by atoms with Crippen molar-refractivity contribution >= 4 is 23.3 Å². The number of hydrogen-bond donors (Lipinski definition) is 1. The number of ether oxygens (including phenoxy) is 1. The summed E-state index contributed by atoms with van der Waals surface area (Å²) in [6, 6.07) is 18.5. The molecule has 0 aliphatic carbocycles. The van der Waals surface area contributed by atoms with Gasteiger partial charge in [-0.25, -0.2) is 9.18 Å². The SMILES string of the molecule is COc1ccc(C(=O)Nc2cc(C)ccc2N2CCCN(Cc3ccc(F)cc3)C2=O)cc1. The van der Waals surface area contributed by atoms with Crippen molar-refractivity contribution in [3.63, 3.8) is 0 Å². The van der Waals surface area contributed by atoms with Crippen LogP contribution in [0.4, 0.5) is 20.6 Å². The van der Waals surface area contributed by atoms with Crippen molar-refractivity contribution in [3.05, 3.63) is 89.2 Å². The molecule has 0 bridgehead atoms. The molecule has 33 heavy (non-hydrogen) atoms. The second kappa shape index (κ2) is 9.73. The van der Waals surface area contributed by atoms with Crippen molar-refractivity contribution in [2.45, 2.75) is 19.9 Å². The highest BCUT2D eigenvalue weighted by molar-refractivity contribution is 6.07. The van der Waals surface area contributed by atoms with Crippen LogP contribution in [0.2, 0.25) is 0 Å². The average Bonchev–Trinajstić information content (AvgIpc) is 2.82. The molecule has 0 aromatic heterocycles. The fraction of sp³-hybridized carbons (Fsp3) is 0.231. The van der Waals surface area contributed by atoms with Crippen LogP contribution in [0.25, 0.3) is 0 Å². The van der Waals surface area contributed by atoms with E-state index in [0.29, 0.717) is 42.3 Å². The number of aryl methyl sites for hydroxylation is 1. The number of methoxy groups -OCH3 is 1. The predicted molar refractivity (Wildman–Crippen MR) is 126 cm³/mol. The molecule has 1 aliphatic heterocycles. The van der Waals surface area contributed by atoms with Crippen LogP contribution in [-0.2, 0) is 6.54 Å². The van der Waals surface area contributed by atoms with E-state index in [1.165, 1.54) is 12.1 Å². The van der Waals surface area contributed by atoms with E-state index in [0.717, 1.165) is 17.5 Å². The fourth-order valence-electron chi connectivity index (χ4n) is 3.88. The molecule has 0 unspecified atom stereocenters. The van der Waals surface area contributed by atoms with Crippen molar-refractivity contribution in [1.82, 2.24) is 4.90 Å². The maximum Gasteiger partial charge on any atom is 0.324 e. The molecule has 0 radical (unpaired) electrons. The molecule has 1 aliphatic rings. The summed E-state index contributed by atoms with van der Waals surface area (Å²) in [5, 5.41) is 2.96. The molecule has 3 amide bonds.